The smallest absolute Gasteiger partial charge is 0.288 e. The number of carbonyl (C=O) groups is 1. The summed E-state index contributed by atoms with van der Waals surface area (Å²) in [6.45, 7) is 0. The Bertz CT molecular complexity index is 711. The van der Waals surface area contributed by atoms with E-state index in [9.17, 15) is 22.4 Å². The molecular weight excluding hydrogens is 420 g/mol. The van der Waals surface area contributed by atoms with E-state index in [1.54, 1.807) is 0 Å². The van der Waals surface area contributed by atoms with Crippen molar-refractivity contribution in [2.24, 2.45) is 0 Å². The largest absolute Gasteiger partial charge is 0.417 e. The predicted octanol–water partition coefficient (Wildman–Crippen LogP) is 5.60. The monoisotopic (exact) mass is 424 g/mol. The van der Waals surface area contributed by atoms with Crippen molar-refractivity contribution < 1.29 is 22.4 Å². The summed E-state index contributed by atoms with van der Waals surface area (Å²) in [6.07, 6.45) is -4.71. The van der Waals surface area contributed by atoms with Crippen LogP contribution in [0.1, 0.15) is 21.5 Å². The van der Waals surface area contributed by atoms with Crippen LogP contribution in [0.5, 0.6) is 0 Å². The van der Waals surface area contributed by atoms with Gasteiger partial charge in [0.25, 0.3) is 0 Å². The van der Waals surface area contributed by atoms with Crippen LogP contribution in [-0.4, -0.2) is 5.78 Å². The van der Waals surface area contributed by atoms with Crippen molar-refractivity contribution in [3.8, 4) is 0 Å². The van der Waals surface area contributed by atoms with Gasteiger partial charge in [0.05, 0.1) is 11.1 Å². The highest BCUT2D eigenvalue weighted by Crippen LogP contribution is 2.35. The first-order valence-electron chi connectivity index (χ1n) is 5.56. The summed E-state index contributed by atoms with van der Waals surface area (Å²) in [5, 5.41) is 0. The Morgan fingerprint density at radius 1 is 0.905 bits per heavy atom. The average molecular weight is 426 g/mol. The number of hydrogen-bond acceptors (Lipinski definition) is 1. The molecule has 110 valence electrons. The number of ketones is 1. The molecule has 0 fully saturated rings. The van der Waals surface area contributed by atoms with Crippen molar-refractivity contribution in [1.82, 2.24) is 0 Å². The van der Waals surface area contributed by atoms with Crippen LogP contribution in [0.2, 0.25) is 0 Å². The summed E-state index contributed by atoms with van der Waals surface area (Å²) in [4.78, 5) is 12.2. The van der Waals surface area contributed by atoms with Gasteiger partial charge in [0.15, 0.2) is 5.78 Å². The number of hydrogen-bond donors (Lipinski definition) is 0. The third kappa shape index (κ3) is 3.52. The van der Waals surface area contributed by atoms with Gasteiger partial charge < -0.3 is 0 Å². The lowest BCUT2D eigenvalue weighted by molar-refractivity contribution is -0.137. The Morgan fingerprint density at radius 2 is 1.48 bits per heavy atom. The molecule has 0 radical (unpaired) electrons. The Hall–Kier alpha value is -1.21. The molecule has 0 atom stereocenters. The molecule has 0 heterocycles. The molecule has 0 amide bonds. The van der Waals surface area contributed by atoms with Crippen molar-refractivity contribution in [1.29, 1.82) is 0 Å². The van der Waals surface area contributed by atoms with Gasteiger partial charge >= 0.3 is 6.18 Å². The molecule has 0 aliphatic heterocycles. The molecule has 0 saturated carbocycles. The fourth-order valence-electron chi connectivity index (χ4n) is 1.77. The van der Waals surface area contributed by atoms with E-state index in [4.69, 9.17) is 0 Å². The van der Waals surface area contributed by atoms with Crippen LogP contribution in [0.15, 0.2) is 45.3 Å². The van der Waals surface area contributed by atoms with Crippen molar-refractivity contribution >= 4 is 37.6 Å². The van der Waals surface area contributed by atoms with E-state index in [0.717, 1.165) is 24.3 Å². The van der Waals surface area contributed by atoms with E-state index in [0.29, 0.717) is 4.47 Å². The lowest BCUT2D eigenvalue weighted by atomic mass is 9.98. The minimum atomic E-state index is -4.71. The van der Waals surface area contributed by atoms with Gasteiger partial charge in [-0.2, -0.15) is 13.2 Å². The van der Waals surface area contributed by atoms with Crippen LogP contribution in [-0.2, 0) is 6.18 Å². The summed E-state index contributed by atoms with van der Waals surface area (Å²) in [6, 6.07) is 6.65. The first-order valence-corrected chi connectivity index (χ1v) is 7.15. The molecule has 21 heavy (non-hydrogen) atoms. The average Bonchev–Trinajstić information content (AvgIpc) is 2.40. The van der Waals surface area contributed by atoms with Gasteiger partial charge in [0.2, 0.25) is 0 Å². The highest BCUT2D eigenvalue weighted by Gasteiger charge is 2.36. The van der Waals surface area contributed by atoms with Gasteiger partial charge in [-0.25, -0.2) is 4.39 Å². The standard InChI is InChI=1S/C14H6Br2F4O/c15-7-2-4-12(17)10(5-7)13(21)9-3-1-8(16)6-11(9)14(18,19)20/h1-6H. The molecule has 0 aliphatic rings. The SMILES string of the molecule is O=C(c1cc(Br)ccc1F)c1ccc(Br)cc1C(F)(F)F. The third-order valence-electron chi connectivity index (χ3n) is 2.70. The van der Waals surface area contributed by atoms with E-state index >= 15 is 0 Å². The van der Waals surface area contributed by atoms with E-state index in [1.807, 2.05) is 0 Å². The first-order chi connectivity index (χ1) is 9.70. The van der Waals surface area contributed by atoms with Gasteiger partial charge in [-0.3, -0.25) is 4.79 Å². The molecule has 0 saturated heterocycles. The minimum Gasteiger partial charge on any atom is -0.288 e. The molecule has 7 heteroatoms. The van der Waals surface area contributed by atoms with Gasteiger partial charge in [-0.1, -0.05) is 31.9 Å². The fourth-order valence-corrected chi connectivity index (χ4v) is 2.49. The van der Waals surface area contributed by atoms with Crippen molar-refractivity contribution in [3.05, 3.63) is 67.9 Å². The number of alkyl halides is 3. The van der Waals surface area contributed by atoms with E-state index in [2.05, 4.69) is 31.9 Å². The second kappa shape index (κ2) is 5.88. The van der Waals surface area contributed by atoms with E-state index < -0.39 is 34.5 Å². The molecule has 2 aromatic carbocycles. The zero-order chi connectivity index (χ0) is 15.8. The maximum atomic E-state index is 13.7. The lowest BCUT2D eigenvalue weighted by Gasteiger charge is -2.13. The normalized spacial score (nSPS) is 11.5. The molecular formula is C14H6Br2F4O. The zero-order valence-electron chi connectivity index (χ0n) is 10.1. The Kier molecular flexibility index (Phi) is 4.53. The molecule has 0 aromatic heterocycles. The van der Waals surface area contributed by atoms with E-state index in [1.165, 1.54) is 12.1 Å². The minimum absolute atomic E-state index is 0.182. The summed E-state index contributed by atoms with van der Waals surface area (Å²) in [7, 11) is 0. The number of carbonyl (C=O) groups excluding carboxylic acids is 1. The highest BCUT2D eigenvalue weighted by atomic mass is 79.9. The quantitative estimate of drug-likeness (QED) is 0.452. The van der Waals surface area contributed by atoms with Crippen LogP contribution in [0.3, 0.4) is 0 Å². The van der Waals surface area contributed by atoms with Gasteiger partial charge in [-0.05, 0) is 36.4 Å². The maximum absolute atomic E-state index is 13.7. The third-order valence-corrected chi connectivity index (χ3v) is 3.69. The highest BCUT2D eigenvalue weighted by molar-refractivity contribution is 9.10. The zero-order valence-corrected chi connectivity index (χ0v) is 13.3. The van der Waals surface area contributed by atoms with Crippen LogP contribution in [0.25, 0.3) is 0 Å². The van der Waals surface area contributed by atoms with Crippen molar-refractivity contribution in [2.75, 3.05) is 0 Å². The molecule has 2 aromatic rings. The fraction of sp³-hybridized carbons (Fsp3) is 0.0714. The Morgan fingerprint density at radius 3 is 2.10 bits per heavy atom. The van der Waals surface area contributed by atoms with Crippen LogP contribution in [0.4, 0.5) is 17.6 Å². The molecule has 0 bridgehead atoms. The van der Waals surface area contributed by atoms with Gasteiger partial charge in [0, 0.05) is 14.5 Å². The van der Waals surface area contributed by atoms with Crippen molar-refractivity contribution in [3.63, 3.8) is 0 Å². The maximum Gasteiger partial charge on any atom is 0.417 e. The van der Waals surface area contributed by atoms with Crippen LogP contribution in [0, 0.1) is 5.82 Å². The second-order valence-corrected chi connectivity index (χ2v) is 5.97. The number of benzene rings is 2. The molecule has 0 aliphatic carbocycles. The molecule has 1 nitrogen and oxygen atoms in total. The van der Waals surface area contributed by atoms with Crippen LogP contribution >= 0.6 is 31.9 Å². The number of halogens is 6. The first kappa shape index (κ1) is 16.2. The summed E-state index contributed by atoms with van der Waals surface area (Å²) < 4.78 is 53.3. The molecule has 0 N–H and O–H groups in total. The summed E-state index contributed by atoms with van der Waals surface area (Å²) in [5.74, 6) is -1.90. The van der Waals surface area contributed by atoms with E-state index in [-0.39, 0.29) is 4.47 Å². The van der Waals surface area contributed by atoms with Crippen LogP contribution < -0.4 is 0 Å². The molecule has 0 unspecified atom stereocenters. The van der Waals surface area contributed by atoms with Gasteiger partial charge in [0.1, 0.15) is 5.82 Å². The number of rotatable bonds is 2. The Labute approximate surface area is 134 Å². The summed E-state index contributed by atoms with van der Waals surface area (Å²) in [5.41, 5.74) is -2.12. The summed E-state index contributed by atoms with van der Waals surface area (Å²) >= 11 is 5.99. The molecule has 2 rings (SSSR count). The second-order valence-electron chi connectivity index (χ2n) is 4.14. The van der Waals surface area contributed by atoms with Gasteiger partial charge in [-0.15, -0.1) is 0 Å². The molecule has 0 spiro atoms. The Balaban J connectivity index is 2.61. The predicted molar refractivity (Wildman–Crippen MR) is 76.7 cm³/mol. The van der Waals surface area contributed by atoms with Crippen molar-refractivity contribution in [2.45, 2.75) is 6.18 Å². The topological polar surface area (TPSA) is 17.1 Å². The lowest BCUT2D eigenvalue weighted by Crippen LogP contribution is -2.14.